The molecule has 0 aliphatic heterocycles. The number of benzene rings is 3. The van der Waals surface area contributed by atoms with Crippen molar-refractivity contribution in [3.8, 4) is 28.5 Å². The van der Waals surface area contributed by atoms with Gasteiger partial charge >= 0.3 is 0 Å². The minimum Gasteiger partial charge on any atom is -0.497 e. The van der Waals surface area contributed by atoms with E-state index in [9.17, 15) is 0 Å². The Hall–Kier alpha value is -3.44. The molecule has 5 heteroatoms. The fourth-order valence-electron chi connectivity index (χ4n) is 4.00. The second-order valence-corrected chi connectivity index (χ2v) is 7.77. The number of aromatic nitrogens is 1. The topological polar surface area (TPSA) is 69.5 Å². The molecule has 1 aromatic heterocycles. The Kier molecular flexibility index (Phi) is 6.97. The number of fused-ring (bicyclic) bond motifs is 1. The van der Waals surface area contributed by atoms with Crippen molar-refractivity contribution in [2.75, 3.05) is 20.8 Å². The number of nitrogens with two attached hydrogens (primary N) is 1. The van der Waals surface area contributed by atoms with Crippen LogP contribution in [0.1, 0.15) is 24.0 Å². The van der Waals surface area contributed by atoms with Crippen molar-refractivity contribution in [2.45, 2.75) is 25.9 Å². The molecule has 0 saturated carbocycles. The molecule has 0 saturated heterocycles. The van der Waals surface area contributed by atoms with Gasteiger partial charge in [-0.3, -0.25) is 0 Å². The molecule has 0 atom stereocenters. The highest BCUT2D eigenvalue weighted by Gasteiger charge is 2.17. The van der Waals surface area contributed by atoms with Crippen LogP contribution in [0.15, 0.2) is 66.7 Å². The van der Waals surface area contributed by atoms with E-state index in [1.165, 1.54) is 10.9 Å². The van der Waals surface area contributed by atoms with Crippen LogP contribution in [0.2, 0.25) is 0 Å². The summed E-state index contributed by atoms with van der Waals surface area (Å²) >= 11 is 0. The van der Waals surface area contributed by atoms with Crippen LogP contribution in [-0.2, 0) is 13.0 Å². The number of aryl methyl sites for hydroxylation is 1. The summed E-state index contributed by atoms with van der Waals surface area (Å²) < 4.78 is 17.2. The molecule has 0 radical (unpaired) electrons. The number of unbranched alkanes of at least 4 members (excludes halogenated alkanes) is 1. The van der Waals surface area contributed by atoms with Crippen LogP contribution in [0, 0.1) is 0 Å². The van der Waals surface area contributed by atoms with Gasteiger partial charge in [0, 0.05) is 22.5 Å². The zero-order valence-corrected chi connectivity index (χ0v) is 18.7. The van der Waals surface area contributed by atoms with Crippen LogP contribution in [-0.4, -0.2) is 25.7 Å². The van der Waals surface area contributed by atoms with Gasteiger partial charge in [-0.1, -0.05) is 30.3 Å². The molecular weight excluding hydrogens is 400 g/mol. The molecule has 4 aromatic rings. The molecule has 0 aliphatic carbocycles. The van der Waals surface area contributed by atoms with Crippen molar-refractivity contribution in [1.29, 1.82) is 0 Å². The van der Waals surface area contributed by atoms with E-state index in [1.807, 2.05) is 42.5 Å². The van der Waals surface area contributed by atoms with Gasteiger partial charge in [0.25, 0.3) is 0 Å². The van der Waals surface area contributed by atoms with Crippen LogP contribution < -0.4 is 19.9 Å². The van der Waals surface area contributed by atoms with E-state index < -0.39 is 0 Å². The quantitative estimate of drug-likeness (QED) is 0.316. The molecule has 0 unspecified atom stereocenters. The maximum atomic E-state index is 6.10. The third-order valence-corrected chi connectivity index (χ3v) is 5.68. The lowest BCUT2D eigenvalue weighted by Gasteiger charge is -2.12. The summed E-state index contributed by atoms with van der Waals surface area (Å²) in [6.45, 7) is 1.23. The Morgan fingerprint density at radius 2 is 1.66 bits per heavy atom. The summed E-state index contributed by atoms with van der Waals surface area (Å²) in [7, 11) is 3.34. The zero-order valence-electron chi connectivity index (χ0n) is 18.7. The normalized spacial score (nSPS) is 11.0. The van der Waals surface area contributed by atoms with Gasteiger partial charge < -0.3 is 24.9 Å². The van der Waals surface area contributed by atoms with Crippen molar-refractivity contribution >= 4 is 10.9 Å². The molecule has 32 heavy (non-hydrogen) atoms. The maximum Gasteiger partial charge on any atom is 0.131 e. The predicted octanol–water partition coefficient (Wildman–Crippen LogP) is 5.71. The number of hydrogen-bond donors (Lipinski definition) is 2. The maximum absolute atomic E-state index is 6.10. The number of aromatic amines is 1. The number of hydrogen-bond acceptors (Lipinski definition) is 4. The monoisotopic (exact) mass is 430 g/mol. The van der Waals surface area contributed by atoms with Crippen molar-refractivity contribution in [2.24, 2.45) is 5.73 Å². The Labute approximate surface area is 189 Å². The number of nitrogens with one attached hydrogen (secondary N) is 1. The third kappa shape index (κ3) is 4.73. The van der Waals surface area contributed by atoms with E-state index in [-0.39, 0.29) is 0 Å². The second-order valence-electron chi connectivity index (χ2n) is 7.77. The fourth-order valence-corrected chi connectivity index (χ4v) is 4.00. The average molecular weight is 431 g/mol. The molecule has 0 spiro atoms. The van der Waals surface area contributed by atoms with Crippen molar-refractivity contribution < 1.29 is 14.2 Å². The van der Waals surface area contributed by atoms with Crippen LogP contribution in [0.25, 0.3) is 22.2 Å². The molecule has 5 nitrogen and oxygen atoms in total. The number of rotatable bonds is 10. The van der Waals surface area contributed by atoms with Crippen LogP contribution >= 0.6 is 0 Å². The lowest BCUT2D eigenvalue weighted by Crippen LogP contribution is -2.00. The Balaban J connectivity index is 1.73. The molecule has 0 fully saturated rings. The minimum absolute atomic E-state index is 0.540. The molecule has 166 valence electrons. The molecular formula is C27H30N2O3. The van der Waals surface area contributed by atoms with Gasteiger partial charge in [-0.2, -0.15) is 0 Å². The van der Waals surface area contributed by atoms with Gasteiger partial charge in [0.1, 0.15) is 23.9 Å². The first-order valence-corrected chi connectivity index (χ1v) is 11.0. The summed E-state index contributed by atoms with van der Waals surface area (Å²) in [4.78, 5) is 3.61. The fraction of sp³-hybridized carbons (Fsp3) is 0.259. The van der Waals surface area contributed by atoms with Crippen molar-refractivity contribution in [3.63, 3.8) is 0 Å². The first-order valence-electron chi connectivity index (χ1n) is 11.0. The smallest absolute Gasteiger partial charge is 0.131 e. The number of ether oxygens (including phenoxy) is 3. The zero-order chi connectivity index (χ0) is 22.3. The largest absolute Gasteiger partial charge is 0.497 e. The van der Waals surface area contributed by atoms with E-state index in [1.54, 1.807) is 14.2 Å². The van der Waals surface area contributed by atoms with Crippen LogP contribution in [0.3, 0.4) is 0 Å². The first-order chi connectivity index (χ1) is 15.7. The van der Waals surface area contributed by atoms with Crippen LogP contribution in [0.5, 0.6) is 17.2 Å². The molecule has 3 aromatic carbocycles. The van der Waals surface area contributed by atoms with Gasteiger partial charge in [0.05, 0.1) is 19.9 Å². The van der Waals surface area contributed by atoms with E-state index in [4.69, 9.17) is 19.9 Å². The number of methoxy groups -OCH3 is 2. The van der Waals surface area contributed by atoms with Crippen molar-refractivity contribution in [3.05, 3.63) is 77.9 Å². The summed E-state index contributed by atoms with van der Waals surface area (Å²) in [5.41, 5.74) is 11.3. The van der Waals surface area contributed by atoms with Gasteiger partial charge in [-0.05, 0) is 67.3 Å². The lowest BCUT2D eigenvalue weighted by atomic mass is 9.99. The van der Waals surface area contributed by atoms with Gasteiger partial charge in [0.15, 0.2) is 0 Å². The highest BCUT2D eigenvalue weighted by Crippen LogP contribution is 2.39. The lowest BCUT2D eigenvalue weighted by molar-refractivity contribution is 0.306. The third-order valence-electron chi connectivity index (χ3n) is 5.68. The molecule has 0 aliphatic rings. The molecule has 1 heterocycles. The van der Waals surface area contributed by atoms with Gasteiger partial charge in [-0.25, -0.2) is 0 Å². The standard InChI is InChI=1S/C27H30N2O3/c1-30-20-11-13-23(26(17-20)31-2)27-22(10-6-7-15-28)24-16-21(12-14-25(24)29-27)32-18-19-8-4-3-5-9-19/h3-5,8-9,11-14,16-17,29H,6-7,10,15,18,28H2,1-2H3. The van der Waals surface area contributed by atoms with E-state index in [0.29, 0.717) is 13.2 Å². The van der Waals surface area contributed by atoms with Crippen LogP contribution in [0.4, 0.5) is 0 Å². The molecule has 0 amide bonds. The number of H-pyrrole nitrogens is 1. The summed E-state index contributed by atoms with van der Waals surface area (Å²) in [6, 6.07) is 22.4. The first kappa shape index (κ1) is 21.8. The summed E-state index contributed by atoms with van der Waals surface area (Å²) in [5, 5.41) is 1.17. The molecule has 0 bridgehead atoms. The van der Waals surface area contributed by atoms with Gasteiger partial charge in [0.2, 0.25) is 0 Å². The Morgan fingerprint density at radius 3 is 2.41 bits per heavy atom. The molecule has 4 rings (SSSR count). The Morgan fingerprint density at radius 1 is 0.844 bits per heavy atom. The van der Waals surface area contributed by atoms with E-state index >= 15 is 0 Å². The highest BCUT2D eigenvalue weighted by atomic mass is 16.5. The summed E-state index contributed by atoms with van der Waals surface area (Å²) in [6.07, 6.45) is 2.92. The summed E-state index contributed by atoms with van der Waals surface area (Å²) in [5.74, 6) is 2.40. The Bertz CT molecular complexity index is 1170. The SMILES string of the molecule is COc1ccc(-c2[nH]c3ccc(OCc4ccccc4)cc3c2CCCCN)c(OC)c1. The van der Waals surface area contributed by atoms with E-state index in [2.05, 4.69) is 29.2 Å². The van der Waals surface area contributed by atoms with E-state index in [0.717, 1.165) is 58.8 Å². The highest BCUT2D eigenvalue weighted by molar-refractivity contribution is 5.93. The second kappa shape index (κ2) is 10.2. The van der Waals surface area contributed by atoms with Crippen molar-refractivity contribution in [1.82, 2.24) is 4.98 Å². The van der Waals surface area contributed by atoms with Gasteiger partial charge in [-0.15, -0.1) is 0 Å². The average Bonchev–Trinajstić information content (AvgIpc) is 3.20. The predicted molar refractivity (Wildman–Crippen MR) is 130 cm³/mol. The minimum atomic E-state index is 0.540. The molecule has 3 N–H and O–H groups in total.